The molecule has 3 N–H and O–H groups in total. The highest BCUT2D eigenvalue weighted by atomic mass is 32.2. The summed E-state index contributed by atoms with van der Waals surface area (Å²) in [5, 5.41) is 7.26. The Morgan fingerprint density at radius 2 is 1.95 bits per heavy atom. The summed E-state index contributed by atoms with van der Waals surface area (Å²) in [5.74, 6) is 0.496. The average molecular weight is 281 g/mol. The standard InChI is InChI=1S/C13H19N3O2S/c14-13(15)8-9-16(12-4-2-1-3-5-12)19(17,18)10-11-6-7-11/h1-5,11H,6-10H2,(H3,14,15). The van der Waals surface area contributed by atoms with E-state index in [2.05, 4.69) is 0 Å². The molecule has 0 atom stereocenters. The highest BCUT2D eigenvalue weighted by Gasteiger charge is 2.32. The monoisotopic (exact) mass is 281 g/mol. The fourth-order valence-electron chi connectivity index (χ4n) is 1.92. The molecule has 0 bridgehead atoms. The van der Waals surface area contributed by atoms with E-state index in [1.807, 2.05) is 18.2 Å². The minimum atomic E-state index is -3.33. The van der Waals surface area contributed by atoms with Crippen molar-refractivity contribution in [1.82, 2.24) is 0 Å². The van der Waals surface area contributed by atoms with E-state index in [1.165, 1.54) is 4.31 Å². The summed E-state index contributed by atoms with van der Waals surface area (Å²) in [6.45, 7) is 0.231. The van der Waals surface area contributed by atoms with Crippen molar-refractivity contribution in [3.05, 3.63) is 30.3 Å². The number of anilines is 1. The van der Waals surface area contributed by atoms with E-state index in [0.717, 1.165) is 12.8 Å². The number of nitrogens with two attached hydrogens (primary N) is 1. The molecule has 1 aromatic rings. The van der Waals surface area contributed by atoms with Crippen molar-refractivity contribution in [2.24, 2.45) is 11.7 Å². The normalized spacial score (nSPS) is 15.2. The van der Waals surface area contributed by atoms with Gasteiger partial charge in [-0.2, -0.15) is 0 Å². The van der Waals surface area contributed by atoms with Gasteiger partial charge in [-0.05, 0) is 30.9 Å². The van der Waals surface area contributed by atoms with Crippen LogP contribution in [0.3, 0.4) is 0 Å². The van der Waals surface area contributed by atoms with Gasteiger partial charge < -0.3 is 5.73 Å². The fourth-order valence-corrected chi connectivity index (χ4v) is 3.84. The summed E-state index contributed by atoms with van der Waals surface area (Å²) < 4.78 is 26.2. The van der Waals surface area contributed by atoms with Crippen molar-refractivity contribution in [3.8, 4) is 0 Å². The number of sulfonamides is 1. The van der Waals surface area contributed by atoms with Crippen molar-refractivity contribution in [2.45, 2.75) is 19.3 Å². The zero-order chi connectivity index (χ0) is 13.9. The molecule has 0 heterocycles. The van der Waals surface area contributed by atoms with E-state index in [9.17, 15) is 8.42 Å². The van der Waals surface area contributed by atoms with Gasteiger partial charge in [0.1, 0.15) is 0 Å². The van der Waals surface area contributed by atoms with Crippen LogP contribution in [0.25, 0.3) is 0 Å². The topological polar surface area (TPSA) is 87.2 Å². The first-order valence-corrected chi connectivity index (χ1v) is 7.98. The predicted octanol–water partition coefficient (Wildman–Crippen LogP) is 1.56. The van der Waals surface area contributed by atoms with E-state index in [1.54, 1.807) is 12.1 Å². The summed E-state index contributed by atoms with van der Waals surface area (Å²) in [5.41, 5.74) is 5.98. The molecule has 0 radical (unpaired) electrons. The Kier molecular flexibility index (Phi) is 4.09. The summed E-state index contributed by atoms with van der Waals surface area (Å²) in [6, 6.07) is 9.00. The largest absolute Gasteiger partial charge is 0.388 e. The van der Waals surface area contributed by atoms with Gasteiger partial charge in [-0.3, -0.25) is 9.71 Å². The third kappa shape index (κ3) is 3.96. The number of nitrogens with zero attached hydrogens (tertiary/aromatic N) is 1. The van der Waals surface area contributed by atoms with Crippen LogP contribution in [0.5, 0.6) is 0 Å². The van der Waals surface area contributed by atoms with Gasteiger partial charge in [-0.25, -0.2) is 8.42 Å². The number of hydrogen-bond donors (Lipinski definition) is 2. The van der Waals surface area contributed by atoms with Crippen molar-refractivity contribution in [3.63, 3.8) is 0 Å². The van der Waals surface area contributed by atoms with E-state index >= 15 is 0 Å². The molecule has 6 heteroatoms. The van der Waals surface area contributed by atoms with Crippen LogP contribution in [0, 0.1) is 11.3 Å². The molecule has 0 aliphatic heterocycles. The molecule has 1 aliphatic carbocycles. The summed E-state index contributed by atoms with van der Waals surface area (Å²) in [7, 11) is -3.33. The van der Waals surface area contributed by atoms with Gasteiger partial charge in [0.05, 0.1) is 17.3 Å². The lowest BCUT2D eigenvalue weighted by atomic mass is 10.3. The quantitative estimate of drug-likeness (QED) is 0.587. The number of benzene rings is 1. The Hall–Kier alpha value is -1.56. The second-order valence-electron chi connectivity index (χ2n) is 4.90. The highest BCUT2D eigenvalue weighted by Crippen LogP contribution is 2.32. The Balaban J connectivity index is 2.20. The molecule has 0 unspecified atom stereocenters. The van der Waals surface area contributed by atoms with Crippen molar-refractivity contribution in [1.29, 1.82) is 5.41 Å². The zero-order valence-corrected chi connectivity index (χ0v) is 11.6. The highest BCUT2D eigenvalue weighted by molar-refractivity contribution is 7.92. The molecule has 19 heavy (non-hydrogen) atoms. The Morgan fingerprint density at radius 1 is 1.32 bits per heavy atom. The van der Waals surface area contributed by atoms with Crippen LogP contribution in [-0.4, -0.2) is 26.6 Å². The second kappa shape index (κ2) is 5.61. The summed E-state index contributed by atoms with van der Waals surface area (Å²) >= 11 is 0. The average Bonchev–Trinajstić information content (AvgIpc) is 3.13. The maximum absolute atomic E-state index is 12.4. The van der Waals surface area contributed by atoms with Gasteiger partial charge in [0.25, 0.3) is 0 Å². The molecular weight excluding hydrogens is 262 g/mol. The third-order valence-corrected chi connectivity index (χ3v) is 5.07. The maximum atomic E-state index is 12.4. The Morgan fingerprint density at radius 3 is 2.47 bits per heavy atom. The van der Waals surface area contributed by atoms with Gasteiger partial charge in [0, 0.05) is 13.0 Å². The van der Waals surface area contributed by atoms with Crippen LogP contribution in [-0.2, 0) is 10.0 Å². The number of nitrogens with one attached hydrogen (secondary N) is 1. The van der Waals surface area contributed by atoms with Crippen LogP contribution in [0.1, 0.15) is 19.3 Å². The first-order valence-electron chi connectivity index (χ1n) is 6.37. The molecule has 1 saturated carbocycles. The maximum Gasteiger partial charge on any atom is 0.235 e. The Bertz CT molecular complexity index is 538. The van der Waals surface area contributed by atoms with Crippen molar-refractivity contribution >= 4 is 21.5 Å². The van der Waals surface area contributed by atoms with E-state index in [0.29, 0.717) is 11.6 Å². The third-order valence-electron chi connectivity index (χ3n) is 3.11. The first-order chi connectivity index (χ1) is 8.99. The molecule has 1 aliphatic rings. The number of hydrogen-bond acceptors (Lipinski definition) is 3. The van der Waals surface area contributed by atoms with E-state index < -0.39 is 10.0 Å². The molecule has 1 aromatic carbocycles. The molecule has 0 spiro atoms. The molecule has 0 aromatic heterocycles. The lowest BCUT2D eigenvalue weighted by Gasteiger charge is -2.24. The lowest BCUT2D eigenvalue weighted by molar-refractivity contribution is 0.587. The smallest absolute Gasteiger partial charge is 0.235 e. The number of rotatable bonds is 7. The molecule has 2 rings (SSSR count). The van der Waals surface area contributed by atoms with E-state index in [-0.39, 0.29) is 24.6 Å². The van der Waals surface area contributed by atoms with Crippen LogP contribution >= 0.6 is 0 Å². The molecular formula is C13H19N3O2S. The van der Waals surface area contributed by atoms with Gasteiger partial charge >= 0.3 is 0 Å². The zero-order valence-electron chi connectivity index (χ0n) is 10.7. The lowest BCUT2D eigenvalue weighted by Crippen LogP contribution is -2.36. The molecule has 0 saturated heterocycles. The summed E-state index contributed by atoms with van der Waals surface area (Å²) in [6.07, 6.45) is 2.24. The Labute approximate surface area is 114 Å². The minimum Gasteiger partial charge on any atom is -0.388 e. The molecule has 1 fully saturated rings. The minimum absolute atomic E-state index is 0.00236. The molecule has 104 valence electrons. The predicted molar refractivity (Wildman–Crippen MR) is 76.8 cm³/mol. The van der Waals surface area contributed by atoms with Crippen LogP contribution < -0.4 is 10.0 Å². The summed E-state index contributed by atoms with van der Waals surface area (Å²) in [4.78, 5) is 0. The van der Waals surface area contributed by atoms with Crippen molar-refractivity contribution in [2.75, 3.05) is 16.6 Å². The fraction of sp³-hybridized carbons (Fsp3) is 0.462. The first kappa shape index (κ1) is 13.9. The SMILES string of the molecule is N=C(N)CCN(c1ccccc1)S(=O)(=O)CC1CC1. The van der Waals surface area contributed by atoms with E-state index in [4.69, 9.17) is 11.1 Å². The molecule has 5 nitrogen and oxygen atoms in total. The van der Waals surface area contributed by atoms with Crippen molar-refractivity contribution < 1.29 is 8.42 Å². The van der Waals surface area contributed by atoms with Gasteiger partial charge in [-0.1, -0.05) is 18.2 Å². The van der Waals surface area contributed by atoms with Gasteiger partial charge in [-0.15, -0.1) is 0 Å². The number of amidine groups is 1. The van der Waals surface area contributed by atoms with Gasteiger partial charge in [0.15, 0.2) is 0 Å². The van der Waals surface area contributed by atoms with Crippen LogP contribution in [0.15, 0.2) is 30.3 Å². The van der Waals surface area contributed by atoms with Crippen LogP contribution in [0.2, 0.25) is 0 Å². The molecule has 0 amide bonds. The number of para-hydroxylation sites is 1. The second-order valence-corrected chi connectivity index (χ2v) is 6.84. The van der Waals surface area contributed by atoms with Crippen LogP contribution in [0.4, 0.5) is 5.69 Å². The van der Waals surface area contributed by atoms with Gasteiger partial charge in [0.2, 0.25) is 10.0 Å².